The van der Waals surface area contributed by atoms with E-state index in [9.17, 15) is 4.79 Å². The second-order valence-electron chi connectivity index (χ2n) is 7.09. The number of nitrogens with one attached hydrogen (secondary N) is 1. The molecule has 0 saturated carbocycles. The van der Waals surface area contributed by atoms with Crippen molar-refractivity contribution in [2.75, 3.05) is 20.1 Å². The van der Waals surface area contributed by atoms with Gasteiger partial charge in [-0.1, -0.05) is 26.0 Å². The van der Waals surface area contributed by atoms with Crippen molar-refractivity contribution in [3.63, 3.8) is 0 Å². The fraction of sp³-hybridized carbons (Fsp3) is 0.600. The fourth-order valence-corrected chi connectivity index (χ4v) is 4.98. The molecular weight excluding hydrogens is 401 g/mol. The highest BCUT2D eigenvalue weighted by Crippen LogP contribution is 2.36. The van der Waals surface area contributed by atoms with E-state index in [0.717, 1.165) is 55.7 Å². The van der Waals surface area contributed by atoms with Gasteiger partial charge in [-0.25, -0.2) is 4.98 Å². The topological polar surface area (TPSA) is 45.2 Å². The second-order valence-corrected chi connectivity index (χ2v) is 8.21. The van der Waals surface area contributed by atoms with Gasteiger partial charge in [-0.2, -0.15) is 0 Å². The molecule has 1 saturated heterocycles. The Labute approximate surface area is 178 Å². The summed E-state index contributed by atoms with van der Waals surface area (Å²) in [6.07, 6.45) is 4.58. The number of halogens is 2. The lowest BCUT2D eigenvalue weighted by Gasteiger charge is -2.39. The summed E-state index contributed by atoms with van der Waals surface area (Å²) in [5.41, 5.74) is 0.728. The van der Waals surface area contributed by atoms with Crippen molar-refractivity contribution >= 4 is 52.3 Å². The van der Waals surface area contributed by atoms with Gasteiger partial charge in [-0.3, -0.25) is 4.79 Å². The number of hydrogen-bond acceptors (Lipinski definition) is 4. The van der Waals surface area contributed by atoms with Gasteiger partial charge in [-0.05, 0) is 44.9 Å². The standard InChI is InChI=1S/C20H29N3OS.2ClH/c1-4-20(5-2,19(24)23-12-10-15(21-3)11-13-23)14-18-22-16-8-6-7-9-17(16)25-18;;/h6-9,15,21H,4-5,10-14H2,1-3H3;2*1H. The molecule has 1 aliphatic rings. The van der Waals surface area contributed by atoms with Gasteiger partial charge in [0.25, 0.3) is 0 Å². The number of hydrogen-bond donors (Lipinski definition) is 1. The molecule has 0 atom stereocenters. The van der Waals surface area contributed by atoms with Crippen molar-refractivity contribution in [2.24, 2.45) is 5.41 Å². The average molecular weight is 432 g/mol. The summed E-state index contributed by atoms with van der Waals surface area (Å²) in [5, 5.41) is 4.42. The molecule has 1 aromatic carbocycles. The summed E-state index contributed by atoms with van der Waals surface area (Å²) in [7, 11) is 2.01. The van der Waals surface area contributed by atoms with Gasteiger partial charge in [-0.15, -0.1) is 36.2 Å². The minimum absolute atomic E-state index is 0. The van der Waals surface area contributed by atoms with E-state index in [1.54, 1.807) is 11.3 Å². The van der Waals surface area contributed by atoms with Crippen molar-refractivity contribution in [1.82, 2.24) is 15.2 Å². The molecule has 0 bridgehead atoms. The van der Waals surface area contributed by atoms with Crippen LogP contribution >= 0.6 is 36.2 Å². The molecular formula is C20H31Cl2N3OS. The summed E-state index contributed by atoms with van der Waals surface area (Å²) >= 11 is 1.73. The molecule has 0 aliphatic carbocycles. The average Bonchev–Trinajstić information content (AvgIpc) is 3.08. The number of likely N-dealkylation sites (tertiary alicyclic amines) is 1. The van der Waals surface area contributed by atoms with Crippen molar-refractivity contribution in [2.45, 2.75) is 52.0 Å². The Morgan fingerprint density at radius 1 is 1.22 bits per heavy atom. The predicted molar refractivity (Wildman–Crippen MR) is 119 cm³/mol. The fourth-order valence-electron chi connectivity index (χ4n) is 3.87. The Morgan fingerprint density at radius 3 is 2.41 bits per heavy atom. The van der Waals surface area contributed by atoms with E-state index < -0.39 is 0 Å². The van der Waals surface area contributed by atoms with E-state index in [4.69, 9.17) is 4.98 Å². The first-order valence-electron chi connectivity index (χ1n) is 9.43. The Bertz CT molecular complexity index is 692. The maximum Gasteiger partial charge on any atom is 0.229 e. The van der Waals surface area contributed by atoms with Gasteiger partial charge in [0.05, 0.1) is 20.6 Å². The Balaban J connectivity index is 0.00000182. The molecule has 2 heterocycles. The lowest BCUT2D eigenvalue weighted by molar-refractivity contribution is -0.144. The molecule has 2 aromatic rings. The van der Waals surface area contributed by atoms with E-state index >= 15 is 0 Å². The molecule has 7 heteroatoms. The number of carbonyl (C=O) groups is 1. The van der Waals surface area contributed by atoms with Crippen LogP contribution in [0.4, 0.5) is 0 Å². The molecule has 3 rings (SSSR count). The van der Waals surface area contributed by atoms with Crippen LogP contribution in [0.15, 0.2) is 24.3 Å². The summed E-state index contributed by atoms with van der Waals surface area (Å²) in [6.45, 7) is 6.03. The highest BCUT2D eigenvalue weighted by molar-refractivity contribution is 7.18. The van der Waals surface area contributed by atoms with E-state index in [0.29, 0.717) is 11.9 Å². The Morgan fingerprint density at radius 2 is 1.85 bits per heavy atom. The normalized spacial score (nSPS) is 15.3. The van der Waals surface area contributed by atoms with E-state index in [1.165, 1.54) is 4.70 Å². The SMILES string of the molecule is CCC(CC)(Cc1nc2ccccc2s1)C(=O)N1CCC(NC)CC1.Cl.Cl. The van der Waals surface area contributed by atoms with Gasteiger partial charge in [0, 0.05) is 25.6 Å². The van der Waals surface area contributed by atoms with Crippen LogP contribution in [0.25, 0.3) is 10.2 Å². The highest BCUT2D eigenvalue weighted by Gasteiger charge is 2.40. The third kappa shape index (κ3) is 5.14. The zero-order valence-corrected chi connectivity index (χ0v) is 18.8. The first kappa shape index (κ1) is 24.2. The number of piperidine rings is 1. The Hall–Kier alpha value is -0.880. The van der Waals surface area contributed by atoms with Crippen LogP contribution in [0.2, 0.25) is 0 Å². The predicted octanol–water partition coefficient (Wildman–Crippen LogP) is 4.70. The summed E-state index contributed by atoms with van der Waals surface area (Å²) < 4.78 is 1.21. The smallest absolute Gasteiger partial charge is 0.229 e. The summed E-state index contributed by atoms with van der Waals surface area (Å²) in [6, 6.07) is 8.79. The minimum Gasteiger partial charge on any atom is -0.342 e. The number of nitrogens with zero attached hydrogens (tertiary/aromatic N) is 2. The van der Waals surface area contributed by atoms with Gasteiger partial charge < -0.3 is 10.2 Å². The number of carbonyl (C=O) groups excluding carboxylic acids is 1. The maximum absolute atomic E-state index is 13.4. The first-order chi connectivity index (χ1) is 12.1. The van der Waals surface area contributed by atoms with E-state index in [-0.39, 0.29) is 30.2 Å². The second kappa shape index (κ2) is 10.6. The number of rotatable bonds is 6. The van der Waals surface area contributed by atoms with Gasteiger partial charge in [0.2, 0.25) is 5.91 Å². The highest BCUT2D eigenvalue weighted by atomic mass is 35.5. The minimum atomic E-state index is -0.319. The van der Waals surface area contributed by atoms with Crippen LogP contribution in [0.3, 0.4) is 0 Å². The van der Waals surface area contributed by atoms with Gasteiger partial charge in [0.15, 0.2) is 0 Å². The number of amides is 1. The lowest BCUT2D eigenvalue weighted by Crippen LogP contribution is -2.50. The Kier molecular flexibility index (Phi) is 9.49. The van der Waals surface area contributed by atoms with E-state index in [1.807, 2.05) is 19.2 Å². The van der Waals surface area contributed by atoms with Crippen LogP contribution in [0.1, 0.15) is 44.5 Å². The first-order valence-corrected chi connectivity index (χ1v) is 10.2. The van der Waals surface area contributed by atoms with Crippen LogP contribution in [0, 0.1) is 5.41 Å². The maximum atomic E-state index is 13.4. The van der Waals surface area contributed by atoms with Crippen LogP contribution in [-0.4, -0.2) is 42.0 Å². The summed E-state index contributed by atoms with van der Waals surface area (Å²) in [5.74, 6) is 0.325. The third-order valence-corrected chi connectivity index (χ3v) is 6.86. The molecule has 27 heavy (non-hydrogen) atoms. The van der Waals surface area contributed by atoms with Crippen LogP contribution < -0.4 is 5.32 Å². The van der Waals surface area contributed by atoms with Crippen molar-refractivity contribution in [3.8, 4) is 0 Å². The molecule has 1 amide bonds. The lowest BCUT2D eigenvalue weighted by atomic mass is 9.77. The third-order valence-electron chi connectivity index (χ3n) is 5.83. The molecule has 0 radical (unpaired) electrons. The molecule has 1 N–H and O–H groups in total. The monoisotopic (exact) mass is 431 g/mol. The molecule has 152 valence electrons. The van der Waals surface area contributed by atoms with Gasteiger partial charge >= 0.3 is 0 Å². The molecule has 4 nitrogen and oxygen atoms in total. The molecule has 1 aliphatic heterocycles. The zero-order chi connectivity index (χ0) is 17.9. The summed E-state index contributed by atoms with van der Waals surface area (Å²) in [4.78, 5) is 20.3. The van der Waals surface area contributed by atoms with Crippen LogP contribution in [-0.2, 0) is 11.2 Å². The van der Waals surface area contributed by atoms with Crippen molar-refractivity contribution < 1.29 is 4.79 Å². The zero-order valence-electron chi connectivity index (χ0n) is 16.4. The largest absolute Gasteiger partial charge is 0.342 e. The van der Waals surface area contributed by atoms with E-state index in [2.05, 4.69) is 36.2 Å². The van der Waals surface area contributed by atoms with Crippen LogP contribution in [0.5, 0.6) is 0 Å². The number of para-hydroxylation sites is 1. The molecule has 1 fully saturated rings. The molecule has 0 unspecified atom stereocenters. The number of fused-ring (bicyclic) bond motifs is 1. The number of benzene rings is 1. The molecule has 1 aromatic heterocycles. The molecule has 0 spiro atoms. The van der Waals surface area contributed by atoms with Crippen molar-refractivity contribution in [3.05, 3.63) is 29.3 Å². The number of thiazole rings is 1. The number of aromatic nitrogens is 1. The van der Waals surface area contributed by atoms with Crippen molar-refractivity contribution in [1.29, 1.82) is 0 Å². The quantitative estimate of drug-likeness (QED) is 0.720. The van der Waals surface area contributed by atoms with Gasteiger partial charge in [0.1, 0.15) is 0 Å².